The normalized spacial score (nSPS) is 10.3. The summed E-state index contributed by atoms with van der Waals surface area (Å²) in [7, 11) is 1.58. The zero-order chi connectivity index (χ0) is 13.8. The van der Waals surface area contributed by atoms with Crippen molar-refractivity contribution in [3.05, 3.63) is 51.5 Å². The lowest BCUT2D eigenvalue weighted by molar-refractivity contribution is 0.415. The second-order valence-corrected chi connectivity index (χ2v) is 5.21. The molecule has 0 fully saturated rings. The van der Waals surface area contributed by atoms with Crippen molar-refractivity contribution in [2.45, 2.75) is 6.54 Å². The molecule has 0 bridgehead atoms. The zero-order valence-corrected chi connectivity index (χ0v) is 12.6. The Hall–Kier alpha value is -1.39. The summed E-state index contributed by atoms with van der Waals surface area (Å²) < 4.78 is 5.77. The number of hydrogen-bond donors (Lipinski definition) is 2. The molecule has 5 heteroatoms. The van der Waals surface area contributed by atoms with E-state index >= 15 is 0 Å². The van der Waals surface area contributed by atoms with Crippen LogP contribution < -0.4 is 10.1 Å². The van der Waals surface area contributed by atoms with E-state index in [1.165, 1.54) is 0 Å². The molecule has 2 aromatic carbocycles. The molecule has 19 heavy (non-hydrogen) atoms. The molecule has 0 aliphatic heterocycles. The number of methoxy groups -OCH3 is 1. The number of halogens is 2. The predicted molar refractivity (Wildman–Crippen MR) is 81.1 cm³/mol. The molecule has 0 aliphatic carbocycles. The fraction of sp³-hybridized carbons (Fsp3) is 0.143. The van der Waals surface area contributed by atoms with Gasteiger partial charge in [-0.1, -0.05) is 23.7 Å². The lowest BCUT2D eigenvalue weighted by atomic mass is 10.2. The van der Waals surface area contributed by atoms with E-state index in [9.17, 15) is 5.11 Å². The van der Waals surface area contributed by atoms with Gasteiger partial charge in [0.25, 0.3) is 0 Å². The molecule has 0 saturated carbocycles. The quantitative estimate of drug-likeness (QED) is 0.863. The molecule has 0 saturated heterocycles. The highest BCUT2D eigenvalue weighted by atomic mass is 79.9. The van der Waals surface area contributed by atoms with Crippen molar-refractivity contribution in [1.29, 1.82) is 0 Å². The molecule has 3 nitrogen and oxygen atoms in total. The first-order valence-corrected chi connectivity index (χ1v) is 6.82. The average Bonchev–Trinajstić information content (AvgIpc) is 2.40. The third-order valence-corrected chi connectivity index (χ3v) is 3.64. The van der Waals surface area contributed by atoms with E-state index in [-0.39, 0.29) is 5.75 Å². The topological polar surface area (TPSA) is 41.5 Å². The van der Waals surface area contributed by atoms with Crippen molar-refractivity contribution >= 4 is 33.2 Å². The number of para-hydroxylation sites is 1. The van der Waals surface area contributed by atoms with E-state index in [2.05, 4.69) is 21.2 Å². The SMILES string of the molecule is COc1ccc(NCc2cccc(Br)c2O)cc1Cl. The second kappa shape index (κ2) is 6.17. The van der Waals surface area contributed by atoms with Crippen molar-refractivity contribution in [3.8, 4) is 11.5 Å². The van der Waals surface area contributed by atoms with Crippen LogP contribution in [0, 0.1) is 0 Å². The van der Waals surface area contributed by atoms with Gasteiger partial charge in [0, 0.05) is 17.8 Å². The molecule has 2 aromatic rings. The third-order valence-electron chi connectivity index (χ3n) is 2.71. The van der Waals surface area contributed by atoms with Gasteiger partial charge < -0.3 is 15.2 Å². The lowest BCUT2D eigenvalue weighted by Crippen LogP contribution is -2.00. The molecule has 0 unspecified atom stereocenters. The van der Waals surface area contributed by atoms with Crippen LogP contribution in [0.2, 0.25) is 5.02 Å². The Labute approximate surface area is 125 Å². The number of phenols is 1. The minimum absolute atomic E-state index is 0.245. The highest BCUT2D eigenvalue weighted by Crippen LogP contribution is 2.30. The molecule has 0 aliphatic rings. The smallest absolute Gasteiger partial charge is 0.137 e. The van der Waals surface area contributed by atoms with Gasteiger partial charge in [-0.2, -0.15) is 0 Å². The highest BCUT2D eigenvalue weighted by molar-refractivity contribution is 9.10. The molecule has 0 amide bonds. The Bertz CT molecular complexity index is 590. The Balaban J connectivity index is 2.10. The molecule has 2 rings (SSSR count). The number of phenolic OH excluding ortho intramolecular Hbond substituents is 1. The van der Waals surface area contributed by atoms with E-state index < -0.39 is 0 Å². The first kappa shape index (κ1) is 14.0. The van der Waals surface area contributed by atoms with E-state index in [0.717, 1.165) is 11.3 Å². The Morgan fingerprint density at radius 1 is 1.32 bits per heavy atom. The monoisotopic (exact) mass is 341 g/mol. The van der Waals surface area contributed by atoms with Crippen LogP contribution in [0.3, 0.4) is 0 Å². The third kappa shape index (κ3) is 3.33. The number of aromatic hydroxyl groups is 1. The van der Waals surface area contributed by atoms with Crippen LogP contribution in [0.15, 0.2) is 40.9 Å². The van der Waals surface area contributed by atoms with Gasteiger partial charge in [-0.05, 0) is 40.2 Å². The van der Waals surface area contributed by atoms with Crippen LogP contribution in [-0.2, 0) is 6.54 Å². The summed E-state index contributed by atoms with van der Waals surface area (Å²) in [5.41, 5.74) is 1.67. The van der Waals surface area contributed by atoms with Crippen molar-refractivity contribution in [2.75, 3.05) is 12.4 Å². The second-order valence-electron chi connectivity index (χ2n) is 3.95. The first-order chi connectivity index (χ1) is 9.11. The zero-order valence-electron chi connectivity index (χ0n) is 10.3. The molecular weight excluding hydrogens is 330 g/mol. The summed E-state index contributed by atoms with van der Waals surface area (Å²) in [6.07, 6.45) is 0. The fourth-order valence-electron chi connectivity index (χ4n) is 1.68. The Morgan fingerprint density at radius 2 is 2.11 bits per heavy atom. The number of hydrogen-bond acceptors (Lipinski definition) is 3. The largest absolute Gasteiger partial charge is 0.506 e. The molecule has 100 valence electrons. The molecule has 0 aromatic heterocycles. The van der Waals surface area contributed by atoms with Crippen molar-refractivity contribution in [2.24, 2.45) is 0 Å². The minimum atomic E-state index is 0.245. The van der Waals surface area contributed by atoms with Crippen LogP contribution in [0.25, 0.3) is 0 Å². The average molecular weight is 343 g/mol. The minimum Gasteiger partial charge on any atom is -0.506 e. The molecule has 0 heterocycles. The van der Waals surface area contributed by atoms with Crippen molar-refractivity contribution in [1.82, 2.24) is 0 Å². The lowest BCUT2D eigenvalue weighted by Gasteiger charge is -2.10. The van der Waals surface area contributed by atoms with Gasteiger partial charge in [-0.15, -0.1) is 0 Å². The number of benzene rings is 2. The van der Waals surface area contributed by atoms with Crippen molar-refractivity contribution in [3.63, 3.8) is 0 Å². The predicted octanol–water partition coefficient (Wildman–Crippen LogP) is 4.43. The number of rotatable bonds is 4. The highest BCUT2D eigenvalue weighted by Gasteiger charge is 2.05. The molecule has 2 N–H and O–H groups in total. The summed E-state index contributed by atoms with van der Waals surface area (Å²) in [5, 5.41) is 13.6. The van der Waals surface area contributed by atoms with Crippen LogP contribution >= 0.6 is 27.5 Å². The van der Waals surface area contributed by atoms with Gasteiger partial charge in [-0.3, -0.25) is 0 Å². The maximum Gasteiger partial charge on any atom is 0.137 e. The van der Waals surface area contributed by atoms with E-state index in [0.29, 0.717) is 21.8 Å². The maximum absolute atomic E-state index is 9.88. The van der Waals surface area contributed by atoms with Gasteiger partial charge in [0.2, 0.25) is 0 Å². The van der Waals surface area contributed by atoms with Gasteiger partial charge in [0.1, 0.15) is 11.5 Å². The summed E-state index contributed by atoms with van der Waals surface area (Å²) in [5.74, 6) is 0.882. The first-order valence-electron chi connectivity index (χ1n) is 5.65. The van der Waals surface area contributed by atoms with E-state index in [1.807, 2.05) is 18.2 Å². The van der Waals surface area contributed by atoms with Crippen LogP contribution in [-0.4, -0.2) is 12.2 Å². The van der Waals surface area contributed by atoms with Crippen LogP contribution in [0.1, 0.15) is 5.56 Å². The molecular formula is C14H13BrClNO2. The van der Waals surface area contributed by atoms with Crippen LogP contribution in [0.5, 0.6) is 11.5 Å². The van der Waals surface area contributed by atoms with Gasteiger partial charge >= 0.3 is 0 Å². The van der Waals surface area contributed by atoms with Crippen LogP contribution in [0.4, 0.5) is 5.69 Å². The van der Waals surface area contributed by atoms with Gasteiger partial charge in [0.15, 0.2) is 0 Å². The molecule has 0 spiro atoms. The standard InChI is InChI=1S/C14H13BrClNO2/c1-19-13-6-5-10(7-12(13)16)17-8-9-3-2-4-11(15)14(9)18/h2-7,17-18H,8H2,1H3. The fourth-order valence-corrected chi connectivity index (χ4v) is 2.34. The number of anilines is 1. The number of ether oxygens (including phenoxy) is 1. The van der Waals surface area contributed by atoms with Gasteiger partial charge in [-0.25, -0.2) is 0 Å². The summed E-state index contributed by atoms with van der Waals surface area (Å²) in [6.45, 7) is 0.508. The summed E-state index contributed by atoms with van der Waals surface area (Å²) in [4.78, 5) is 0. The molecule has 0 radical (unpaired) electrons. The van der Waals surface area contributed by atoms with E-state index in [1.54, 1.807) is 25.3 Å². The summed E-state index contributed by atoms with van der Waals surface area (Å²) in [6, 6.07) is 11.0. The Kier molecular flexibility index (Phi) is 4.56. The Morgan fingerprint density at radius 3 is 2.79 bits per heavy atom. The maximum atomic E-state index is 9.88. The molecule has 0 atom stereocenters. The number of nitrogens with one attached hydrogen (secondary N) is 1. The van der Waals surface area contributed by atoms with E-state index in [4.69, 9.17) is 16.3 Å². The van der Waals surface area contributed by atoms with Gasteiger partial charge in [0.05, 0.1) is 16.6 Å². The summed E-state index contributed by atoms with van der Waals surface area (Å²) >= 11 is 9.33. The van der Waals surface area contributed by atoms with Crippen molar-refractivity contribution < 1.29 is 9.84 Å².